The Kier molecular flexibility index (Phi) is 8.81. The van der Waals surface area contributed by atoms with E-state index < -0.39 is 5.54 Å². The molecular weight excluding hydrogens is 434 g/mol. The van der Waals surface area contributed by atoms with Crippen LogP contribution in [0.15, 0.2) is 48.5 Å². The number of ether oxygens (including phenoxy) is 3. The topological polar surface area (TPSA) is 106 Å². The van der Waals surface area contributed by atoms with Crippen molar-refractivity contribution >= 4 is 0 Å². The normalized spacial score (nSPS) is 11.4. The molecule has 0 saturated carbocycles. The van der Waals surface area contributed by atoms with E-state index in [1.165, 1.54) is 14.2 Å². The molecule has 0 radical (unpaired) electrons. The summed E-state index contributed by atoms with van der Waals surface area (Å²) in [6, 6.07) is 16.5. The Bertz CT molecular complexity index is 1040. The molecule has 3 aromatic rings. The van der Waals surface area contributed by atoms with Crippen molar-refractivity contribution in [3.63, 3.8) is 0 Å². The maximum Gasteiger partial charge on any atom is 0.323 e. The highest BCUT2D eigenvalue weighted by molar-refractivity contribution is 5.68. The third-order valence-corrected chi connectivity index (χ3v) is 6.11. The van der Waals surface area contributed by atoms with Gasteiger partial charge in [0.25, 0.3) is 0 Å². The van der Waals surface area contributed by atoms with Crippen LogP contribution in [0.2, 0.25) is 0 Å². The van der Waals surface area contributed by atoms with Crippen molar-refractivity contribution in [2.75, 3.05) is 27.4 Å². The summed E-state index contributed by atoms with van der Waals surface area (Å²) in [5, 5.41) is 22.6. The minimum Gasteiger partial charge on any atom is -0.481 e. The number of nitrogens with one attached hydrogen (secondary N) is 1. The van der Waals surface area contributed by atoms with E-state index in [1.54, 1.807) is 0 Å². The van der Waals surface area contributed by atoms with E-state index in [-0.39, 0.29) is 32.4 Å². The standard InChI is InChI=1S/C26H33N3O5/c1-5-26(16-30,17-31)27-14-22-23(32-3)28-25(29-24(22)33-4)34-15-20-12-9-13-21(18(20)2)19-10-7-6-8-11-19/h6-13,27,30-31H,5,14-17H2,1-4H3. The molecule has 34 heavy (non-hydrogen) atoms. The molecule has 0 spiro atoms. The SMILES string of the molecule is CCC(CO)(CO)NCc1c(OC)nc(OCc2cccc(-c3ccccc3)c2C)nc1OC. The van der Waals surface area contributed by atoms with Gasteiger partial charge < -0.3 is 29.7 Å². The summed E-state index contributed by atoms with van der Waals surface area (Å²) >= 11 is 0. The molecule has 1 aromatic heterocycles. The Labute approximate surface area is 200 Å². The van der Waals surface area contributed by atoms with Gasteiger partial charge in [0.15, 0.2) is 0 Å². The fourth-order valence-electron chi connectivity index (χ4n) is 3.68. The molecule has 0 aliphatic heterocycles. The molecule has 182 valence electrons. The number of benzene rings is 2. The Morgan fingerprint density at radius 3 is 2.12 bits per heavy atom. The number of hydrogen-bond donors (Lipinski definition) is 3. The van der Waals surface area contributed by atoms with Gasteiger partial charge in [0.05, 0.1) is 38.5 Å². The summed E-state index contributed by atoms with van der Waals surface area (Å²) in [7, 11) is 3.02. The van der Waals surface area contributed by atoms with Crippen LogP contribution in [0.1, 0.15) is 30.0 Å². The maximum absolute atomic E-state index is 9.71. The second-order valence-corrected chi connectivity index (χ2v) is 8.05. The molecule has 0 aliphatic rings. The number of methoxy groups -OCH3 is 2. The highest BCUT2D eigenvalue weighted by Gasteiger charge is 2.28. The van der Waals surface area contributed by atoms with Crippen molar-refractivity contribution in [2.24, 2.45) is 0 Å². The molecule has 0 aliphatic carbocycles. The van der Waals surface area contributed by atoms with Gasteiger partial charge in [0, 0.05) is 6.54 Å². The zero-order chi connectivity index (χ0) is 24.6. The lowest BCUT2D eigenvalue weighted by Gasteiger charge is -2.30. The van der Waals surface area contributed by atoms with E-state index in [9.17, 15) is 10.2 Å². The number of aromatic nitrogens is 2. The molecule has 0 atom stereocenters. The molecule has 3 N–H and O–H groups in total. The van der Waals surface area contributed by atoms with Crippen LogP contribution in [0, 0.1) is 6.92 Å². The quantitative estimate of drug-likeness (QED) is 0.373. The van der Waals surface area contributed by atoms with Crippen LogP contribution in [0.5, 0.6) is 17.8 Å². The van der Waals surface area contributed by atoms with Crippen LogP contribution in [-0.4, -0.2) is 53.2 Å². The number of rotatable bonds is 12. The van der Waals surface area contributed by atoms with Gasteiger partial charge in [0.2, 0.25) is 11.8 Å². The van der Waals surface area contributed by atoms with Crippen molar-refractivity contribution in [3.05, 3.63) is 65.2 Å². The Balaban J connectivity index is 1.81. The summed E-state index contributed by atoms with van der Waals surface area (Å²) in [6.45, 7) is 4.04. The van der Waals surface area contributed by atoms with Crippen LogP contribution in [0.4, 0.5) is 0 Å². The van der Waals surface area contributed by atoms with Crippen LogP contribution in [-0.2, 0) is 13.2 Å². The third kappa shape index (κ3) is 5.64. The monoisotopic (exact) mass is 467 g/mol. The average molecular weight is 468 g/mol. The van der Waals surface area contributed by atoms with E-state index in [4.69, 9.17) is 14.2 Å². The van der Waals surface area contributed by atoms with Gasteiger partial charge in [-0.1, -0.05) is 55.5 Å². The summed E-state index contributed by atoms with van der Waals surface area (Å²) in [4.78, 5) is 8.81. The first-order valence-electron chi connectivity index (χ1n) is 11.2. The molecule has 3 rings (SSSR count). The molecule has 1 heterocycles. The largest absolute Gasteiger partial charge is 0.481 e. The first kappa shape index (κ1) is 25.4. The molecule has 8 nitrogen and oxygen atoms in total. The lowest BCUT2D eigenvalue weighted by molar-refractivity contribution is 0.0858. The van der Waals surface area contributed by atoms with E-state index >= 15 is 0 Å². The maximum atomic E-state index is 9.71. The molecule has 0 unspecified atom stereocenters. The Morgan fingerprint density at radius 1 is 0.912 bits per heavy atom. The van der Waals surface area contributed by atoms with Crippen LogP contribution >= 0.6 is 0 Å². The first-order chi connectivity index (χ1) is 16.5. The predicted octanol–water partition coefficient (Wildman–Crippen LogP) is 3.27. The molecule has 0 fully saturated rings. The summed E-state index contributed by atoms with van der Waals surface area (Å²) in [5.41, 5.74) is 4.18. The molecular formula is C26H33N3O5. The van der Waals surface area contributed by atoms with Gasteiger partial charge in [-0.05, 0) is 35.6 Å². The van der Waals surface area contributed by atoms with E-state index in [0.29, 0.717) is 23.7 Å². The van der Waals surface area contributed by atoms with Crippen molar-refractivity contribution in [2.45, 2.75) is 39.0 Å². The van der Waals surface area contributed by atoms with Gasteiger partial charge in [-0.3, -0.25) is 0 Å². The number of aliphatic hydroxyl groups excluding tert-OH is 2. The van der Waals surface area contributed by atoms with E-state index in [2.05, 4.69) is 40.4 Å². The van der Waals surface area contributed by atoms with Crippen LogP contribution < -0.4 is 19.5 Å². The zero-order valence-electron chi connectivity index (χ0n) is 20.2. The molecule has 0 amide bonds. The second kappa shape index (κ2) is 11.8. The average Bonchev–Trinajstić information content (AvgIpc) is 2.89. The van der Waals surface area contributed by atoms with Crippen molar-refractivity contribution in [1.29, 1.82) is 0 Å². The number of hydrogen-bond acceptors (Lipinski definition) is 8. The summed E-state index contributed by atoms with van der Waals surface area (Å²) in [6.07, 6.45) is 0.536. The van der Waals surface area contributed by atoms with Gasteiger partial charge >= 0.3 is 6.01 Å². The number of nitrogens with zero attached hydrogens (tertiary/aromatic N) is 2. The highest BCUT2D eigenvalue weighted by Crippen LogP contribution is 2.30. The smallest absolute Gasteiger partial charge is 0.323 e. The van der Waals surface area contributed by atoms with Crippen molar-refractivity contribution in [3.8, 4) is 28.9 Å². The molecule has 0 saturated heterocycles. The van der Waals surface area contributed by atoms with Gasteiger partial charge in [-0.15, -0.1) is 0 Å². The first-order valence-corrected chi connectivity index (χ1v) is 11.2. The lowest BCUT2D eigenvalue weighted by Crippen LogP contribution is -2.50. The third-order valence-electron chi connectivity index (χ3n) is 6.11. The summed E-state index contributed by atoms with van der Waals surface area (Å²) in [5.74, 6) is 0.593. The van der Waals surface area contributed by atoms with Crippen molar-refractivity contribution < 1.29 is 24.4 Å². The minimum absolute atomic E-state index is 0.132. The fraction of sp³-hybridized carbons (Fsp3) is 0.385. The number of aliphatic hydroxyl groups is 2. The van der Waals surface area contributed by atoms with E-state index in [1.807, 2.05) is 37.3 Å². The second-order valence-electron chi connectivity index (χ2n) is 8.05. The lowest BCUT2D eigenvalue weighted by atomic mass is 9.97. The van der Waals surface area contributed by atoms with Crippen molar-refractivity contribution in [1.82, 2.24) is 15.3 Å². The Hall–Kier alpha value is -3.20. The van der Waals surface area contributed by atoms with E-state index in [0.717, 1.165) is 22.3 Å². The summed E-state index contributed by atoms with van der Waals surface area (Å²) < 4.78 is 16.9. The Morgan fingerprint density at radius 2 is 1.56 bits per heavy atom. The predicted molar refractivity (Wildman–Crippen MR) is 130 cm³/mol. The highest BCUT2D eigenvalue weighted by atomic mass is 16.5. The molecule has 0 bridgehead atoms. The van der Waals surface area contributed by atoms with Gasteiger partial charge in [-0.25, -0.2) is 0 Å². The van der Waals surface area contributed by atoms with Gasteiger partial charge in [-0.2, -0.15) is 9.97 Å². The minimum atomic E-state index is -0.827. The fourth-order valence-corrected chi connectivity index (χ4v) is 3.68. The zero-order valence-corrected chi connectivity index (χ0v) is 20.2. The molecule has 2 aromatic carbocycles. The van der Waals surface area contributed by atoms with Crippen LogP contribution in [0.3, 0.4) is 0 Å². The molecule has 8 heteroatoms. The van der Waals surface area contributed by atoms with Gasteiger partial charge in [0.1, 0.15) is 6.61 Å². The van der Waals surface area contributed by atoms with Crippen LogP contribution in [0.25, 0.3) is 11.1 Å².